The Balaban J connectivity index is 0.00000420. The number of ketones is 1. The van der Waals surface area contributed by atoms with Gasteiger partial charge in [0.15, 0.2) is 0 Å². The van der Waals surface area contributed by atoms with Crippen molar-refractivity contribution >= 4 is 11.8 Å². The number of ether oxygens (including phenoxy) is 1. The van der Waals surface area contributed by atoms with Crippen LogP contribution in [0.2, 0.25) is 0 Å². The van der Waals surface area contributed by atoms with Crippen molar-refractivity contribution in [1.29, 1.82) is 0 Å². The smallest absolute Gasteiger partial charge is 0.330 e. The Kier molecular flexibility index (Phi) is 8.99. The van der Waals surface area contributed by atoms with E-state index in [1.54, 1.807) is 0 Å². The second-order valence-electron chi connectivity index (χ2n) is 8.01. The molecule has 0 aliphatic rings. The van der Waals surface area contributed by atoms with Crippen molar-refractivity contribution < 1.29 is 35.8 Å². The predicted octanol–water partition coefficient (Wildman–Crippen LogP) is 1.16. The molecule has 5 heteroatoms. The third kappa shape index (κ3) is 6.38. The van der Waals surface area contributed by atoms with E-state index in [4.69, 9.17) is 4.74 Å². The van der Waals surface area contributed by atoms with Crippen molar-refractivity contribution in [2.24, 2.45) is 0 Å². The Morgan fingerprint density at radius 3 is 2.17 bits per heavy atom. The fourth-order valence-corrected chi connectivity index (χ4v) is 3.03. The van der Waals surface area contributed by atoms with Crippen LogP contribution >= 0.6 is 0 Å². The van der Waals surface area contributed by atoms with Crippen LogP contribution in [0.15, 0.2) is 67.3 Å². The summed E-state index contributed by atoms with van der Waals surface area (Å²) in [5, 5.41) is 0. The van der Waals surface area contributed by atoms with Gasteiger partial charge in [-0.25, -0.2) is 4.79 Å². The van der Waals surface area contributed by atoms with E-state index in [1.165, 1.54) is 6.08 Å². The molecule has 0 fully saturated rings. The van der Waals surface area contributed by atoms with Gasteiger partial charge in [-0.3, -0.25) is 4.79 Å². The van der Waals surface area contributed by atoms with Crippen molar-refractivity contribution in [2.75, 3.05) is 27.2 Å². The number of quaternary nitrogens is 1. The number of esters is 1. The predicted molar refractivity (Wildman–Crippen MR) is 112 cm³/mol. The molecule has 0 aliphatic carbocycles. The van der Waals surface area contributed by atoms with Gasteiger partial charge in [-0.1, -0.05) is 61.2 Å². The molecule has 0 saturated heterocycles. The lowest BCUT2D eigenvalue weighted by atomic mass is 9.89. The standard InChI is InChI=1S/C24H30NO3.BrH/c1-6-23(27)28-17-16-19-12-14-21(15-13-19)24(2,3)25(4,5)18-22(26)20-10-8-7-9-11-20;/h6-15H,1,16-18H2,2-5H3;1H/q+1;/p-1. The average molecular weight is 460 g/mol. The molecule has 0 N–H and O–H groups in total. The van der Waals surface area contributed by atoms with E-state index in [1.807, 2.05) is 30.3 Å². The van der Waals surface area contributed by atoms with Gasteiger partial charge in [0.25, 0.3) is 0 Å². The first-order valence-electron chi connectivity index (χ1n) is 9.47. The van der Waals surface area contributed by atoms with E-state index in [9.17, 15) is 9.59 Å². The number of benzene rings is 2. The van der Waals surface area contributed by atoms with Crippen LogP contribution in [0, 0.1) is 0 Å². The maximum Gasteiger partial charge on any atom is 0.330 e. The van der Waals surface area contributed by atoms with E-state index >= 15 is 0 Å². The Hall–Kier alpha value is -2.24. The Morgan fingerprint density at radius 1 is 1.03 bits per heavy atom. The molecule has 2 aromatic carbocycles. The van der Waals surface area contributed by atoms with Gasteiger partial charge in [-0.15, -0.1) is 0 Å². The van der Waals surface area contributed by atoms with Crippen molar-refractivity contribution in [3.8, 4) is 0 Å². The summed E-state index contributed by atoms with van der Waals surface area (Å²) >= 11 is 0. The topological polar surface area (TPSA) is 43.4 Å². The first-order valence-corrected chi connectivity index (χ1v) is 9.47. The van der Waals surface area contributed by atoms with E-state index in [0.717, 1.165) is 16.7 Å². The SMILES string of the molecule is C=CC(=O)OCCc1ccc(C(C)(C)[N+](C)(C)CC(=O)c2ccccc2)cc1.[Br-]. The summed E-state index contributed by atoms with van der Waals surface area (Å²) in [5.74, 6) is -0.265. The zero-order chi connectivity index (χ0) is 20.8. The van der Waals surface area contributed by atoms with Crippen LogP contribution in [0.4, 0.5) is 0 Å². The first kappa shape index (κ1) is 24.8. The normalized spacial score (nSPS) is 11.3. The summed E-state index contributed by atoms with van der Waals surface area (Å²) in [6.45, 7) is 8.45. The van der Waals surface area contributed by atoms with Gasteiger partial charge in [-0.2, -0.15) is 0 Å². The lowest BCUT2D eigenvalue weighted by Gasteiger charge is -2.44. The van der Waals surface area contributed by atoms with Crippen LogP contribution in [-0.2, 0) is 21.5 Å². The van der Waals surface area contributed by atoms with Gasteiger partial charge in [0, 0.05) is 23.6 Å². The highest BCUT2D eigenvalue weighted by atomic mass is 79.9. The molecule has 0 radical (unpaired) electrons. The third-order valence-electron chi connectivity index (χ3n) is 5.61. The molecule has 0 spiro atoms. The monoisotopic (exact) mass is 459 g/mol. The van der Waals surface area contributed by atoms with Gasteiger partial charge in [0.05, 0.1) is 20.7 Å². The Labute approximate surface area is 184 Å². The minimum Gasteiger partial charge on any atom is -1.00 e. The lowest BCUT2D eigenvalue weighted by molar-refractivity contribution is -0.938. The first-order chi connectivity index (χ1) is 13.2. The third-order valence-corrected chi connectivity index (χ3v) is 5.61. The number of carbonyl (C=O) groups is 2. The van der Waals surface area contributed by atoms with Gasteiger partial charge in [-0.05, 0) is 19.4 Å². The number of rotatable bonds is 9. The fourth-order valence-electron chi connectivity index (χ4n) is 3.03. The van der Waals surface area contributed by atoms with Gasteiger partial charge in [0.1, 0.15) is 12.1 Å². The Morgan fingerprint density at radius 2 is 1.62 bits per heavy atom. The number of halogens is 1. The van der Waals surface area contributed by atoms with E-state index in [0.29, 0.717) is 24.1 Å². The molecule has 0 atom stereocenters. The molecule has 29 heavy (non-hydrogen) atoms. The summed E-state index contributed by atoms with van der Waals surface area (Å²) in [6, 6.07) is 17.7. The Bertz CT molecular complexity index is 827. The zero-order valence-corrected chi connectivity index (χ0v) is 19.2. The molecule has 0 amide bonds. The number of Topliss-reactive ketones (excluding diaryl/α,β-unsaturated/α-hetero) is 1. The summed E-state index contributed by atoms with van der Waals surface area (Å²) < 4.78 is 5.57. The quantitative estimate of drug-likeness (QED) is 0.244. The zero-order valence-electron chi connectivity index (χ0n) is 17.7. The highest BCUT2D eigenvalue weighted by molar-refractivity contribution is 5.96. The molecular weight excluding hydrogens is 430 g/mol. The van der Waals surface area contributed by atoms with Crippen LogP contribution in [-0.4, -0.2) is 43.5 Å². The molecule has 2 rings (SSSR count). The van der Waals surface area contributed by atoms with Crippen molar-refractivity contribution in [2.45, 2.75) is 25.8 Å². The van der Waals surface area contributed by atoms with Crippen molar-refractivity contribution in [3.05, 3.63) is 83.9 Å². The number of hydrogen-bond donors (Lipinski definition) is 0. The number of nitrogens with zero attached hydrogens (tertiary/aromatic N) is 1. The largest absolute Gasteiger partial charge is 1.00 e. The minimum atomic E-state index is -0.403. The summed E-state index contributed by atoms with van der Waals surface area (Å²) in [5.41, 5.74) is 2.75. The molecule has 0 saturated carbocycles. The highest BCUT2D eigenvalue weighted by Crippen LogP contribution is 2.32. The second kappa shape index (κ2) is 10.5. The van der Waals surface area contributed by atoms with E-state index in [2.05, 4.69) is 58.8 Å². The molecule has 0 aliphatic heterocycles. The molecule has 156 valence electrons. The number of carbonyl (C=O) groups excluding carboxylic acids is 2. The molecule has 0 unspecified atom stereocenters. The van der Waals surface area contributed by atoms with Crippen molar-refractivity contribution in [3.63, 3.8) is 0 Å². The van der Waals surface area contributed by atoms with Gasteiger partial charge in [0.2, 0.25) is 5.78 Å². The maximum atomic E-state index is 12.7. The fraction of sp³-hybridized carbons (Fsp3) is 0.333. The van der Waals surface area contributed by atoms with Gasteiger partial charge < -0.3 is 26.2 Å². The maximum absolute atomic E-state index is 12.7. The number of hydrogen-bond acceptors (Lipinski definition) is 3. The van der Waals surface area contributed by atoms with Crippen molar-refractivity contribution in [1.82, 2.24) is 0 Å². The molecule has 0 heterocycles. The van der Waals surface area contributed by atoms with E-state index < -0.39 is 5.97 Å². The molecule has 4 nitrogen and oxygen atoms in total. The minimum absolute atomic E-state index is 0. The molecular formula is C24H30BrNO3. The van der Waals surface area contributed by atoms with Crippen LogP contribution in [0.25, 0.3) is 0 Å². The molecule has 2 aromatic rings. The summed E-state index contributed by atoms with van der Waals surface area (Å²) in [7, 11) is 4.17. The summed E-state index contributed by atoms with van der Waals surface area (Å²) in [6.07, 6.45) is 1.83. The van der Waals surface area contributed by atoms with Crippen LogP contribution in [0.1, 0.15) is 35.3 Å². The van der Waals surface area contributed by atoms with Gasteiger partial charge >= 0.3 is 5.97 Å². The lowest BCUT2D eigenvalue weighted by Crippen LogP contribution is -3.00. The molecule has 0 bridgehead atoms. The summed E-state index contributed by atoms with van der Waals surface area (Å²) in [4.78, 5) is 23.8. The van der Waals surface area contributed by atoms with Crippen LogP contribution in [0.3, 0.4) is 0 Å². The highest BCUT2D eigenvalue weighted by Gasteiger charge is 2.39. The number of likely N-dealkylation sites (N-methyl/N-ethyl adjacent to an activating group) is 1. The molecule has 0 aromatic heterocycles. The van der Waals surface area contributed by atoms with Crippen LogP contribution < -0.4 is 17.0 Å². The average Bonchev–Trinajstić information content (AvgIpc) is 2.68. The van der Waals surface area contributed by atoms with E-state index in [-0.39, 0.29) is 28.3 Å². The van der Waals surface area contributed by atoms with Crippen LogP contribution in [0.5, 0.6) is 0 Å². The second-order valence-corrected chi connectivity index (χ2v) is 8.01.